The molecule has 0 fully saturated rings. The molecule has 2 heteroatoms. The predicted molar refractivity (Wildman–Crippen MR) is 61.3 cm³/mol. The quantitative estimate of drug-likeness (QED) is 0.371. The van der Waals surface area contributed by atoms with Gasteiger partial charge >= 0.3 is 5.97 Å². The number of carbonyl (C=O) groups excluding carboxylic acids is 1. The molecule has 84 valence electrons. The van der Waals surface area contributed by atoms with Crippen LogP contribution in [0.3, 0.4) is 0 Å². The largest absolute Gasteiger partial charge is 0.469 e. The average Bonchev–Trinajstić information content (AvgIpc) is 2.18. The molecule has 0 bridgehead atoms. The molecule has 0 aliphatic rings. The molecule has 0 aliphatic heterocycles. The molecule has 0 aromatic carbocycles. The van der Waals surface area contributed by atoms with Gasteiger partial charge in [0, 0.05) is 6.42 Å². The highest BCUT2D eigenvalue weighted by molar-refractivity contribution is 5.68. The third kappa shape index (κ3) is 17.3. The van der Waals surface area contributed by atoms with E-state index >= 15 is 0 Å². The monoisotopic (exact) mass is 200 g/mol. The topological polar surface area (TPSA) is 26.3 Å². The summed E-state index contributed by atoms with van der Waals surface area (Å²) in [5.74, 6) is -0.0819. The second-order valence-electron chi connectivity index (χ2n) is 3.15. The van der Waals surface area contributed by atoms with Crippen LogP contribution in [-0.2, 0) is 9.53 Å². The highest BCUT2D eigenvalue weighted by Crippen LogP contribution is 2.04. The van der Waals surface area contributed by atoms with Crippen LogP contribution in [0.25, 0.3) is 0 Å². The lowest BCUT2D eigenvalue weighted by Crippen LogP contribution is -1.98. The standard InChI is InChI=1S/C9H18O2.C3H6/c1-3-4-5-6-7-8-9(10)11-2;1-3-2/h3-8H2,1-2H3;3H,1H2,2H3. The maximum atomic E-state index is 10.6. The fraction of sp³-hybridized carbons (Fsp3) is 0.750. The Hall–Kier alpha value is -0.790. The Kier molecular flexibility index (Phi) is 16.5. The zero-order chi connectivity index (χ0) is 11.2. The van der Waals surface area contributed by atoms with E-state index in [9.17, 15) is 4.79 Å². The first-order valence-electron chi connectivity index (χ1n) is 5.36. The second kappa shape index (κ2) is 14.7. The number of methoxy groups -OCH3 is 1. The SMILES string of the molecule is C=CC.CCCCCCCC(=O)OC. The van der Waals surface area contributed by atoms with E-state index in [0.29, 0.717) is 6.42 Å². The van der Waals surface area contributed by atoms with Gasteiger partial charge < -0.3 is 4.74 Å². The molecular weight excluding hydrogens is 176 g/mol. The molecule has 0 aromatic rings. The van der Waals surface area contributed by atoms with Crippen LogP contribution in [0.15, 0.2) is 12.7 Å². The number of allylic oxidation sites excluding steroid dienone is 1. The minimum Gasteiger partial charge on any atom is -0.469 e. The predicted octanol–water partition coefficient (Wildman–Crippen LogP) is 3.71. The molecule has 0 amide bonds. The molecule has 2 nitrogen and oxygen atoms in total. The average molecular weight is 200 g/mol. The molecular formula is C12H24O2. The van der Waals surface area contributed by atoms with Gasteiger partial charge in [-0.05, 0) is 13.3 Å². The lowest BCUT2D eigenvalue weighted by atomic mass is 10.1. The van der Waals surface area contributed by atoms with Gasteiger partial charge in [0.2, 0.25) is 0 Å². The van der Waals surface area contributed by atoms with Crippen LogP contribution in [-0.4, -0.2) is 13.1 Å². The van der Waals surface area contributed by atoms with Crippen LogP contribution >= 0.6 is 0 Å². The number of rotatable bonds is 6. The van der Waals surface area contributed by atoms with Gasteiger partial charge in [-0.2, -0.15) is 0 Å². The first-order chi connectivity index (χ1) is 6.72. The molecule has 0 heterocycles. The summed E-state index contributed by atoms with van der Waals surface area (Å²) in [6, 6.07) is 0. The van der Waals surface area contributed by atoms with Gasteiger partial charge in [-0.1, -0.05) is 38.7 Å². The van der Waals surface area contributed by atoms with Crippen LogP contribution in [0, 0.1) is 0 Å². The van der Waals surface area contributed by atoms with Crippen LogP contribution in [0.2, 0.25) is 0 Å². The van der Waals surface area contributed by atoms with Gasteiger partial charge in [0.1, 0.15) is 0 Å². The normalized spacial score (nSPS) is 8.50. The van der Waals surface area contributed by atoms with E-state index in [1.165, 1.54) is 26.4 Å². The Balaban J connectivity index is 0. The van der Waals surface area contributed by atoms with Crippen molar-refractivity contribution in [1.29, 1.82) is 0 Å². The second-order valence-corrected chi connectivity index (χ2v) is 3.15. The smallest absolute Gasteiger partial charge is 0.305 e. The fourth-order valence-electron chi connectivity index (χ4n) is 0.975. The molecule has 0 aliphatic carbocycles. The Morgan fingerprint density at radius 3 is 2.21 bits per heavy atom. The third-order valence-electron chi connectivity index (χ3n) is 1.71. The van der Waals surface area contributed by atoms with Gasteiger partial charge in [0.25, 0.3) is 0 Å². The first kappa shape index (κ1) is 15.7. The van der Waals surface area contributed by atoms with Crippen molar-refractivity contribution in [3.8, 4) is 0 Å². The number of hydrogen-bond donors (Lipinski definition) is 0. The zero-order valence-electron chi connectivity index (χ0n) is 9.84. The van der Waals surface area contributed by atoms with Crippen LogP contribution in [0.5, 0.6) is 0 Å². The summed E-state index contributed by atoms with van der Waals surface area (Å²) in [5, 5.41) is 0. The van der Waals surface area contributed by atoms with Crippen LogP contribution in [0.1, 0.15) is 52.4 Å². The molecule has 0 atom stereocenters. The lowest BCUT2D eigenvalue weighted by Gasteiger charge is -1.98. The molecule has 0 unspecified atom stereocenters. The molecule has 0 radical (unpaired) electrons. The molecule has 14 heavy (non-hydrogen) atoms. The number of carbonyl (C=O) groups is 1. The first-order valence-corrected chi connectivity index (χ1v) is 5.36. The minimum atomic E-state index is -0.0819. The van der Waals surface area contributed by atoms with Gasteiger partial charge in [-0.3, -0.25) is 4.79 Å². The van der Waals surface area contributed by atoms with Gasteiger partial charge in [-0.15, -0.1) is 6.58 Å². The Morgan fingerprint density at radius 1 is 1.29 bits per heavy atom. The van der Waals surface area contributed by atoms with E-state index in [4.69, 9.17) is 0 Å². The van der Waals surface area contributed by atoms with E-state index in [0.717, 1.165) is 12.8 Å². The fourth-order valence-corrected chi connectivity index (χ4v) is 0.975. The van der Waals surface area contributed by atoms with Crippen molar-refractivity contribution in [2.24, 2.45) is 0 Å². The van der Waals surface area contributed by atoms with Crippen molar-refractivity contribution in [3.63, 3.8) is 0 Å². The van der Waals surface area contributed by atoms with E-state index < -0.39 is 0 Å². The highest BCUT2D eigenvalue weighted by atomic mass is 16.5. The Morgan fingerprint density at radius 2 is 1.79 bits per heavy atom. The maximum Gasteiger partial charge on any atom is 0.305 e. The Labute approximate surface area is 88.3 Å². The van der Waals surface area contributed by atoms with Crippen molar-refractivity contribution >= 4 is 5.97 Å². The molecule has 0 saturated heterocycles. The number of ether oxygens (including phenoxy) is 1. The summed E-state index contributed by atoms with van der Waals surface area (Å²) < 4.78 is 4.52. The summed E-state index contributed by atoms with van der Waals surface area (Å²) in [6.45, 7) is 7.43. The summed E-state index contributed by atoms with van der Waals surface area (Å²) in [7, 11) is 1.44. The Bertz CT molecular complexity index is 130. The summed E-state index contributed by atoms with van der Waals surface area (Å²) in [4.78, 5) is 10.6. The highest BCUT2D eigenvalue weighted by Gasteiger charge is 1.97. The van der Waals surface area contributed by atoms with Crippen molar-refractivity contribution in [2.75, 3.05) is 7.11 Å². The van der Waals surface area contributed by atoms with E-state index in [-0.39, 0.29) is 5.97 Å². The van der Waals surface area contributed by atoms with Crippen molar-refractivity contribution in [3.05, 3.63) is 12.7 Å². The summed E-state index contributed by atoms with van der Waals surface area (Å²) in [6.07, 6.45) is 8.24. The van der Waals surface area contributed by atoms with E-state index in [1.54, 1.807) is 6.08 Å². The van der Waals surface area contributed by atoms with E-state index in [1.807, 2.05) is 6.92 Å². The van der Waals surface area contributed by atoms with Gasteiger partial charge in [0.15, 0.2) is 0 Å². The zero-order valence-corrected chi connectivity index (χ0v) is 9.84. The number of unbranched alkanes of at least 4 members (excludes halogenated alkanes) is 4. The van der Waals surface area contributed by atoms with Crippen LogP contribution < -0.4 is 0 Å². The maximum absolute atomic E-state index is 10.6. The van der Waals surface area contributed by atoms with Gasteiger partial charge in [-0.25, -0.2) is 0 Å². The molecule has 0 saturated carbocycles. The minimum absolute atomic E-state index is 0.0819. The van der Waals surface area contributed by atoms with Crippen molar-refractivity contribution < 1.29 is 9.53 Å². The summed E-state index contributed by atoms with van der Waals surface area (Å²) in [5.41, 5.74) is 0. The van der Waals surface area contributed by atoms with Crippen molar-refractivity contribution in [1.82, 2.24) is 0 Å². The number of hydrogen-bond acceptors (Lipinski definition) is 2. The lowest BCUT2D eigenvalue weighted by molar-refractivity contribution is -0.140. The van der Waals surface area contributed by atoms with Gasteiger partial charge in [0.05, 0.1) is 7.11 Å². The third-order valence-corrected chi connectivity index (χ3v) is 1.71. The molecule has 0 rings (SSSR count). The number of esters is 1. The molecule has 0 spiro atoms. The molecule has 0 N–H and O–H groups in total. The van der Waals surface area contributed by atoms with Crippen molar-refractivity contribution in [2.45, 2.75) is 52.4 Å². The van der Waals surface area contributed by atoms with E-state index in [2.05, 4.69) is 18.2 Å². The molecule has 0 aromatic heterocycles. The summed E-state index contributed by atoms with van der Waals surface area (Å²) >= 11 is 0. The van der Waals surface area contributed by atoms with Crippen LogP contribution in [0.4, 0.5) is 0 Å².